The molecule has 0 amide bonds. The highest BCUT2D eigenvalue weighted by Gasteiger charge is 2.36. The van der Waals surface area contributed by atoms with Crippen LogP contribution in [-0.4, -0.2) is 35.4 Å². The van der Waals surface area contributed by atoms with Gasteiger partial charge in [-0.15, -0.1) is 13.2 Å². The first-order valence-electron chi connectivity index (χ1n) is 10.7. The quantitative estimate of drug-likeness (QED) is 0.400. The van der Waals surface area contributed by atoms with Gasteiger partial charge in [0, 0.05) is 24.3 Å². The van der Waals surface area contributed by atoms with Crippen LogP contribution in [0.1, 0.15) is 34.7 Å². The number of hydrogen-bond donors (Lipinski definition) is 1. The van der Waals surface area contributed by atoms with Crippen molar-refractivity contribution in [1.82, 2.24) is 4.90 Å². The summed E-state index contributed by atoms with van der Waals surface area (Å²) >= 11 is 0. The number of hydrogen-bond acceptors (Lipinski definition) is 4. The van der Waals surface area contributed by atoms with Gasteiger partial charge < -0.3 is 14.7 Å². The maximum absolute atomic E-state index is 13.5. The normalized spacial score (nSPS) is 16.0. The maximum atomic E-state index is 13.5. The van der Waals surface area contributed by atoms with Gasteiger partial charge in [-0.05, 0) is 54.4 Å². The zero-order valence-electron chi connectivity index (χ0n) is 18.1. The Hall–Kier alpha value is -3.53. The smallest absolute Gasteiger partial charge is 0.406 e. The summed E-state index contributed by atoms with van der Waals surface area (Å²) < 4.78 is 82.1. The van der Waals surface area contributed by atoms with Crippen molar-refractivity contribution in [1.29, 1.82) is 0 Å². The molecule has 0 spiro atoms. The lowest BCUT2D eigenvalue weighted by Crippen LogP contribution is -2.39. The lowest BCUT2D eigenvalue weighted by molar-refractivity contribution is -0.274. The molecule has 0 aromatic heterocycles. The number of benzene rings is 3. The Morgan fingerprint density at radius 2 is 1.57 bits per heavy atom. The first-order chi connectivity index (χ1) is 16.6. The number of aliphatic hydroxyl groups is 1. The number of alkyl halides is 6. The van der Waals surface area contributed by atoms with Gasteiger partial charge >= 0.3 is 12.5 Å². The predicted octanol–water partition coefficient (Wildman–Crippen LogP) is 6.47. The van der Waals surface area contributed by atoms with E-state index in [1.165, 1.54) is 18.2 Å². The molecule has 184 valence electrons. The molecule has 3 aromatic rings. The molecule has 4 nitrogen and oxygen atoms in total. The molecule has 1 N–H and O–H groups in total. The lowest BCUT2D eigenvalue weighted by atomic mass is 9.91. The molecular formula is C25H20F6N2O2. The van der Waals surface area contributed by atoms with Gasteiger partial charge in [-0.3, -0.25) is 0 Å². The molecule has 0 saturated heterocycles. The third-order valence-electron chi connectivity index (χ3n) is 5.48. The number of aliphatic hydroxyl groups excluding tert-OH is 1. The van der Waals surface area contributed by atoms with E-state index in [0.29, 0.717) is 34.6 Å². The van der Waals surface area contributed by atoms with Gasteiger partial charge in [-0.1, -0.05) is 30.3 Å². The van der Waals surface area contributed by atoms with Crippen LogP contribution in [-0.2, 0) is 6.18 Å². The third kappa shape index (κ3) is 5.59. The van der Waals surface area contributed by atoms with Crippen molar-refractivity contribution in [3.8, 4) is 5.75 Å². The van der Waals surface area contributed by atoms with Crippen molar-refractivity contribution < 1.29 is 36.2 Å². The number of amidine groups is 1. The molecule has 0 bridgehead atoms. The second-order valence-electron chi connectivity index (χ2n) is 7.86. The summed E-state index contributed by atoms with van der Waals surface area (Å²) in [5, 5.41) is 9.46. The van der Waals surface area contributed by atoms with Crippen LogP contribution in [0.5, 0.6) is 5.75 Å². The average molecular weight is 494 g/mol. The van der Waals surface area contributed by atoms with Crippen molar-refractivity contribution in [3.05, 3.63) is 95.1 Å². The highest BCUT2D eigenvalue weighted by molar-refractivity contribution is 6.02. The Morgan fingerprint density at radius 3 is 2.17 bits per heavy atom. The van der Waals surface area contributed by atoms with Crippen LogP contribution in [0.2, 0.25) is 0 Å². The highest BCUT2D eigenvalue weighted by atomic mass is 19.4. The molecule has 1 aliphatic heterocycles. The molecular weight excluding hydrogens is 474 g/mol. The van der Waals surface area contributed by atoms with Crippen LogP contribution in [0.15, 0.2) is 77.8 Å². The van der Waals surface area contributed by atoms with E-state index < -0.39 is 29.9 Å². The molecule has 35 heavy (non-hydrogen) atoms. The molecule has 0 radical (unpaired) electrons. The minimum absolute atomic E-state index is 0.168. The van der Waals surface area contributed by atoms with Crippen LogP contribution >= 0.6 is 0 Å². The van der Waals surface area contributed by atoms with Gasteiger partial charge in [-0.25, -0.2) is 4.99 Å². The number of aliphatic imine (C=N–C) groups is 1. The first-order valence-corrected chi connectivity index (χ1v) is 10.7. The fourth-order valence-electron chi connectivity index (χ4n) is 4.03. The molecule has 3 aromatic carbocycles. The average Bonchev–Trinajstić information content (AvgIpc) is 2.81. The fourth-order valence-corrected chi connectivity index (χ4v) is 4.03. The molecule has 1 heterocycles. The van der Waals surface area contributed by atoms with Crippen LogP contribution in [0.4, 0.5) is 32.0 Å². The minimum Gasteiger partial charge on any atom is -0.406 e. The van der Waals surface area contributed by atoms with Gasteiger partial charge in [0.15, 0.2) is 0 Å². The number of ether oxygens (including phenoxy) is 1. The number of nitrogens with zero attached hydrogens (tertiary/aromatic N) is 2. The van der Waals surface area contributed by atoms with E-state index >= 15 is 0 Å². The maximum Gasteiger partial charge on any atom is 0.573 e. The zero-order chi connectivity index (χ0) is 25.2. The van der Waals surface area contributed by atoms with E-state index in [2.05, 4.69) is 9.73 Å². The fraction of sp³-hybridized carbons (Fsp3) is 0.240. The van der Waals surface area contributed by atoms with Crippen molar-refractivity contribution in [2.24, 2.45) is 4.99 Å². The van der Waals surface area contributed by atoms with E-state index in [9.17, 15) is 31.4 Å². The van der Waals surface area contributed by atoms with Crippen LogP contribution < -0.4 is 4.74 Å². The molecule has 1 unspecified atom stereocenters. The predicted molar refractivity (Wildman–Crippen MR) is 117 cm³/mol. The van der Waals surface area contributed by atoms with Crippen molar-refractivity contribution in [2.75, 3.05) is 13.2 Å². The van der Waals surface area contributed by atoms with Crippen LogP contribution in [0.3, 0.4) is 0 Å². The summed E-state index contributed by atoms with van der Waals surface area (Å²) in [5.74, 6) is -0.0486. The van der Waals surface area contributed by atoms with E-state index in [-0.39, 0.29) is 13.2 Å². The second-order valence-corrected chi connectivity index (χ2v) is 7.86. The molecule has 1 atom stereocenters. The van der Waals surface area contributed by atoms with Gasteiger partial charge in [-0.2, -0.15) is 13.2 Å². The molecule has 4 rings (SSSR count). The van der Waals surface area contributed by atoms with E-state index in [1.807, 2.05) is 0 Å². The largest absolute Gasteiger partial charge is 0.573 e. The van der Waals surface area contributed by atoms with Gasteiger partial charge in [0.25, 0.3) is 0 Å². The van der Waals surface area contributed by atoms with Crippen LogP contribution in [0.25, 0.3) is 0 Å². The summed E-state index contributed by atoms with van der Waals surface area (Å²) in [7, 11) is 0. The third-order valence-corrected chi connectivity index (χ3v) is 5.48. The van der Waals surface area contributed by atoms with E-state index in [0.717, 1.165) is 24.3 Å². The van der Waals surface area contributed by atoms with E-state index in [4.69, 9.17) is 0 Å². The van der Waals surface area contributed by atoms with E-state index in [1.54, 1.807) is 35.2 Å². The Labute approximate surface area is 197 Å². The zero-order valence-corrected chi connectivity index (χ0v) is 18.1. The van der Waals surface area contributed by atoms with Gasteiger partial charge in [0.1, 0.15) is 11.6 Å². The Morgan fingerprint density at radius 1 is 0.886 bits per heavy atom. The summed E-state index contributed by atoms with van der Waals surface area (Å²) in [6, 6.07) is 16.6. The molecule has 0 aliphatic carbocycles. The lowest BCUT2D eigenvalue weighted by Gasteiger charge is -2.39. The number of fused-ring (bicyclic) bond motifs is 1. The Kier molecular flexibility index (Phi) is 6.75. The SMILES string of the molecule is OCCCN1C(c2ccc(OC(F)(F)F)cc2)=Nc2ccc(C(F)(F)F)cc2C1c1ccccc1. The number of halogens is 6. The summed E-state index contributed by atoms with van der Waals surface area (Å²) in [6.45, 7) is 0.0739. The summed E-state index contributed by atoms with van der Waals surface area (Å²) in [5.41, 5.74) is 0.994. The number of rotatable bonds is 6. The topological polar surface area (TPSA) is 45.1 Å². The van der Waals surface area contributed by atoms with Crippen molar-refractivity contribution >= 4 is 11.5 Å². The van der Waals surface area contributed by atoms with Crippen LogP contribution in [0, 0.1) is 0 Å². The van der Waals surface area contributed by atoms with Crippen molar-refractivity contribution in [2.45, 2.75) is 25.0 Å². The molecule has 1 aliphatic rings. The van der Waals surface area contributed by atoms with Gasteiger partial charge in [0.05, 0.1) is 17.3 Å². The Bertz CT molecular complexity index is 1190. The van der Waals surface area contributed by atoms with Gasteiger partial charge in [0.2, 0.25) is 0 Å². The summed E-state index contributed by atoms with van der Waals surface area (Å²) in [4.78, 5) is 6.34. The monoisotopic (exact) mass is 494 g/mol. The first kappa shape index (κ1) is 24.6. The molecule has 10 heteroatoms. The van der Waals surface area contributed by atoms with Crippen molar-refractivity contribution in [3.63, 3.8) is 0 Å². The second kappa shape index (κ2) is 9.61. The molecule has 0 fully saturated rings. The minimum atomic E-state index is -4.84. The highest BCUT2D eigenvalue weighted by Crippen LogP contribution is 2.43. The summed E-state index contributed by atoms with van der Waals surface area (Å²) in [6.07, 6.45) is -9.10. The standard InChI is InChI=1S/C25H20F6N2O2/c26-24(27,28)18-9-12-21-20(15-18)22(16-5-2-1-3-6-16)33(13-4-14-34)23(32-21)17-7-10-19(11-8-17)35-25(29,30)31/h1-3,5-12,15,22,34H,4,13-14H2. The molecule has 0 saturated carbocycles. The Balaban J connectivity index is 1.86.